The summed E-state index contributed by atoms with van der Waals surface area (Å²) in [5, 5.41) is 5.09. The maximum Gasteiger partial charge on any atom is 0.257 e. The second-order valence-corrected chi connectivity index (χ2v) is 8.34. The zero-order chi connectivity index (χ0) is 19.0. The largest absolute Gasteiger partial charge is 0.298 e. The Kier molecular flexibility index (Phi) is 4.77. The number of rotatable bonds is 4. The van der Waals surface area contributed by atoms with Crippen LogP contribution in [0.1, 0.15) is 23.2 Å². The van der Waals surface area contributed by atoms with Crippen molar-refractivity contribution in [2.24, 2.45) is 0 Å². The van der Waals surface area contributed by atoms with Crippen LogP contribution in [-0.4, -0.2) is 22.7 Å². The Labute approximate surface area is 167 Å². The number of aromatic nitrogens is 1. The van der Waals surface area contributed by atoms with Crippen LogP contribution in [-0.2, 0) is 9.59 Å². The minimum absolute atomic E-state index is 0.221. The van der Waals surface area contributed by atoms with Gasteiger partial charge in [-0.1, -0.05) is 11.6 Å². The molecular formula is C18H12ClN3O3S2. The van der Waals surface area contributed by atoms with E-state index in [9.17, 15) is 14.4 Å². The van der Waals surface area contributed by atoms with Gasteiger partial charge in [0.05, 0.1) is 20.6 Å². The zero-order valence-electron chi connectivity index (χ0n) is 13.8. The maximum absolute atomic E-state index is 12.4. The van der Waals surface area contributed by atoms with Crippen molar-refractivity contribution in [3.63, 3.8) is 0 Å². The molecule has 9 heteroatoms. The molecule has 4 rings (SSSR count). The van der Waals surface area contributed by atoms with Gasteiger partial charge in [-0.3, -0.25) is 24.6 Å². The van der Waals surface area contributed by atoms with Gasteiger partial charge in [0.1, 0.15) is 0 Å². The second-order valence-electron chi connectivity index (χ2n) is 5.77. The third-order valence-electron chi connectivity index (χ3n) is 3.99. The molecule has 0 radical (unpaired) electrons. The van der Waals surface area contributed by atoms with Crippen LogP contribution in [0.4, 0.5) is 10.8 Å². The number of benzene rings is 1. The monoisotopic (exact) mass is 417 g/mol. The Morgan fingerprint density at radius 2 is 1.78 bits per heavy atom. The zero-order valence-corrected chi connectivity index (χ0v) is 16.2. The highest BCUT2D eigenvalue weighted by Gasteiger charge is 2.30. The number of halogens is 1. The van der Waals surface area contributed by atoms with E-state index in [1.54, 1.807) is 30.3 Å². The van der Waals surface area contributed by atoms with Crippen LogP contribution in [0.3, 0.4) is 0 Å². The highest BCUT2D eigenvalue weighted by Crippen LogP contribution is 2.33. The molecule has 1 aromatic carbocycles. The lowest BCUT2D eigenvalue weighted by molar-refractivity contribution is -0.121. The number of hydrogen-bond acceptors (Lipinski definition) is 6. The quantitative estimate of drug-likeness (QED) is 0.637. The van der Waals surface area contributed by atoms with Crippen molar-refractivity contribution in [2.75, 3.05) is 10.2 Å². The summed E-state index contributed by atoms with van der Waals surface area (Å²) in [5.41, 5.74) is 1.65. The molecule has 136 valence electrons. The number of anilines is 2. The molecule has 1 aliphatic rings. The third kappa shape index (κ3) is 3.64. The molecule has 1 fully saturated rings. The van der Waals surface area contributed by atoms with E-state index < -0.39 is 0 Å². The van der Waals surface area contributed by atoms with E-state index in [0.717, 1.165) is 15.5 Å². The molecule has 2 aromatic heterocycles. The minimum Gasteiger partial charge on any atom is -0.298 e. The minimum atomic E-state index is -0.314. The van der Waals surface area contributed by atoms with Gasteiger partial charge < -0.3 is 0 Å². The lowest BCUT2D eigenvalue weighted by Crippen LogP contribution is -2.28. The lowest BCUT2D eigenvalue weighted by atomic mass is 10.2. The van der Waals surface area contributed by atoms with Crippen LogP contribution < -0.4 is 10.2 Å². The van der Waals surface area contributed by atoms with E-state index in [1.165, 1.54) is 22.7 Å². The number of imide groups is 1. The fourth-order valence-corrected chi connectivity index (χ4v) is 4.48. The fraction of sp³-hybridized carbons (Fsp3) is 0.111. The van der Waals surface area contributed by atoms with E-state index in [4.69, 9.17) is 11.6 Å². The third-order valence-corrected chi connectivity index (χ3v) is 6.00. The molecule has 6 nitrogen and oxygen atoms in total. The Hall–Kier alpha value is -2.55. The van der Waals surface area contributed by atoms with Crippen LogP contribution in [0.15, 0.2) is 41.8 Å². The predicted molar refractivity (Wildman–Crippen MR) is 107 cm³/mol. The Balaban J connectivity index is 1.46. The van der Waals surface area contributed by atoms with Crippen LogP contribution in [0, 0.1) is 0 Å². The van der Waals surface area contributed by atoms with Gasteiger partial charge in [-0.15, -0.1) is 22.7 Å². The molecule has 3 amide bonds. The summed E-state index contributed by atoms with van der Waals surface area (Å²) in [6, 6.07) is 10.0. The first-order chi connectivity index (χ1) is 13.0. The predicted octanol–water partition coefficient (Wildman–Crippen LogP) is 4.43. The van der Waals surface area contributed by atoms with Crippen LogP contribution in [0.25, 0.3) is 10.6 Å². The van der Waals surface area contributed by atoms with Gasteiger partial charge in [-0.05, 0) is 36.4 Å². The number of amides is 3. The smallest absolute Gasteiger partial charge is 0.257 e. The first-order valence-corrected chi connectivity index (χ1v) is 10.1. The van der Waals surface area contributed by atoms with Crippen LogP contribution >= 0.6 is 34.3 Å². The topological polar surface area (TPSA) is 79.4 Å². The highest BCUT2D eigenvalue weighted by molar-refractivity contribution is 7.20. The highest BCUT2D eigenvalue weighted by atomic mass is 35.5. The maximum atomic E-state index is 12.4. The summed E-state index contributed by atoms with van der Waals surface area (Å²) in [4.78, 5) is 42.5. The van der Waals surface area contributed by atoms with Gasteiger partial charge in [0, 0.05) is 23.8 Å². The Morgan fingerprint density at radius 3 is 2.41 bits per heavy atom. The number of thiazole rings is 1. The standard InChI is InChI=1S/C18H12ClN3O3S2/c19-14-6-5-13(27-14)12-9-26-18(20-12)21-17(25)10-1-3-11(4-2-10)22-15(23)7-8-16(22)24/h1-6,9H,7-8H2,(H,20,21,25). The van der Waals surface area contributed by atoms with Crippen molar-refractivity contribution in [2.45, 2.75) is 12.8 Å². The summed E-state index contributed by atoms with van der Waals surface area (Å²) < 4.78 is 0.679. The van der Waals surface area contributed by atoms with Crippen molar-refractivity contribution in [3.8, 4) is 10.6 Å². The van der Waals surface area contributed by atoms with Crippen LogP contribution in [0.5, 0.6) is 0 Å². The molecule has 0 aliphatic carbocycles. The molecule has 1 N–H and O–H groups in total. The number of nitrogens with zero attached hydrogens (tertiary/aromatic N) is 2. The van der Waals surface area contributed by atoms with Gasteiger partial charge in [0.25, 0.3) is 5.91 Å². The molecule has 3 heterocycles. The number of thiophene rings is 1. The van der Waals surface area contributed by atoms with Crippen molar-refractivity contribution < 1.29 is 14.4 Å². The molecule has 0 saturated carbocycles. The SMILES string of the molecule is O=C(Nc1nc(-c2ccc(Cl)s2)cs1)c1ccc(N2C(=O)CCC2=O)cc1. The number of nitrogens with one attached hydrogen (secondary N) is 1. The van der Waals surface area contributed by atoms with Gasteiger partial charge in [-0.25, -0.2) is 4.98 Å². The first-order valence-electron chi connectivity index (χ1n) is 8.00. The van der Waals surface area contributed by atoms with E-state index in [0.29, 0.717) is 20.7 Å². The van der Waals surface area contributed by atoms with Gasteiger partial charge >= 0.3 is 0 Å². The summed E-state index contributed by atoms with van der Waals surface area (Å²) in [7, 11) is 0. The molecule has 1 aliphatic heterocycles. The van der Waals surface area contributed by atoms with Gasteiger partial charge in [0.15, 0.2) is 5.13 Å². The molecule has 0 bridgehead atoms. The first kappa shape index (κ1) is 17.8. The molecule has 3 aromatic rings. The molecule has 1 saturated heterocycles. The van der Waals surface area contributed by atoms with Gasteiger partial charge in [-0.2, -0.15) is 0 Å². The Morgan fingerprint density at radius 1 is 1.07 bits per heavy atom. The van der Waals surface area contributed by atoms with E-state index in [2.05, 4.69) is 10.3 Å². The molecule has 0 atom stereocenters. The normalized spacial score (nSPS) is 14.0. The summed E-state index contributed by atoms with van der Waals surface area (Å²) >= 11 is 8.68. The van der Waals surface area contributed by atoms with E-state index in [1.807, 2.05) is 11.4 Å². The number of hydrogen-bond donors (Lipinski definition) is 1. The van der Waals surface area contributed by atoms with E-state index in [-0.39, 0.29) is 30.6 Å². The number of carbonyl (C=O) groups excluding carboxylic acids is 3. The molecular weight excluding hydrogens is 406 g/mol. The van der Waals surface area contributed by atoms with Crippen LogP contribution in [0.2, 0.25) is 4.34 Å². The van der Waals surface area contributed by atoms with Crippen molar-refractivity contribution in [1.82, 2.24) is 4.98 Å². The Bertz CT molecular complexity index is 1030. The molecule has 27 heavy (non-hydrogen) atoms. The average Bonchev–Trinajstić information content (AvgIpc) is 3.36. The molecule has 0 unspecified atom stereocenters. The van der Waals surface area contributed by atoms with E-state index >= 15 is 0 Å². The second kappa shape index (κ2) is 7.22. The van der Waals surface area contributed by atoms with Crippen molar-refractivity contribution in [3.05, 3.63) is 51.7 Å². The number of carbonyl (C=O) groups is 3. The lowest BCUT2D eigenvalue weighted by Gasteiger charge is -2.13. The average molecular weight is 418 g/mol. The van der Waals surface area contributed by atoms with Crippen molar-refractivity contribution in [1.29, 1.82) is 0 Å². The summed E-state index contributed by atoms with van der Waals surface area (Å²) in [5.74, 6) is -0.756. The fourth-order valence-electron chi connectivity index (χ4n) is 2.69. The molecule has 0 spiro atoms. The van der Waals surface area contributed by atoms with Crippen molar-refractivity contribution >= 4 is 62.8 Å². The van der Waals surface area contributed by atoms with Gasteiger partial charge in [0.2, 0.25) is 11.8 Å². The summed E-state index contributed by atoms with van der Waals surface area (Å²) in [6.45, 7) is 0. The summed E-state index contributed by atoms with van der Waals surface area (Å²) in [6.07, 6.45) is 0.450.